The predicted octanol–water partition coefficient (Wildman–Crippen LogP) is 4.08. The zero-order chi connectivity index (χ0) is 13.0. The van der Waals surface area contributed by atoms with Gasteiger partial charge in [0.2, 0.25) is 0 Å². The molecule has 0 bridgehead atoms. The second kappa shape index (κ2) is 5.78. The van der Waals surface area contributed by atoms with Crippen molar-refractivity contribution < 1.29 is 13.5 Å². The summed E-state index contributed by atoms with van der Waals surface area (Å²) >= 11 is 5.65. The van der Waals surface area contributed by atoms with Crippen molar-refractivity contribution in [1.29, 1.82) is 0 Å². The molecule has 1 aromatic heterocycles. The summed E-state index contributed by atoms with van der Waals surface area (Å²) in [6.45, 7) is 2.70. The minimum Gasteiger partial charge on any atom is -0.491 e. The molecule has 18 heavy (non-hydrogen) atoms. The molecule has 96 valence electrons. The first-order chi connectivity index (χ1) is 8.69. The molecular formula is C13H13ClFNO2. The molecular weight excluding hydrogens is 257 g/mol. The van der Waals surface area contributed by atoms with Gasteiger partial charge >= 0.3 is 0 Å². The molecule has 1 N–H and O–H groups in total. The fourth-order valence-electron chi connectivity index (χ4n) is 1.52. The maximum absolute atomic E-state index is 13.6. The molecule has 0 radical (unpaired) electrons. The second-order valence-corrected chi connectivity index (χ2v) is 4.01. The van der Waals surface area contributed by atoms with Crippen LogP contribution in [0.3, 0.4) is 0 Å². The molecule has 0 amide bonds. The number of halogens is 2. The quantitative estimate of drug-likeness (QED) is 0.888. The van der Waals surface area contributed by atoms with E-state index in [9.17, 15) is 4.39 Å². The number of furan rings is 1. The summed E-state index contributed by atoms with van der Waals surface area (Å²) in [5.74, 6) is 0.553. The van der Waals surface area contributed by atoms with Crippen LogP contribution in [0, 0.1) is 5.82 Å². The molecule has 0 spiro atoms. The van der Waals surface area contributed by atoms with Crippen LogP contribution in [-0.4, -0.2) is 6.61 Å². The molecule has 0 aliphatic heterocycles. The van der Waals surface area contributed by atoms with Gasteiger partial charge in [-0.1, -0.05) is 0 Å². The highest BCUT2D eigenvalue weighted by Crippen LogP contribution is 2.22. The monoisotopic (exact) mass is 269 g/mol. The number of ether oxygens (including phenoxy) is 1. The molecule has 3 nitrogen and oxygen atoms in total. The standard InChI is InChI=1S/C13H13ClFNO2/c1-2-17-12-5-3-9(7-11(12)15)16-8-10-4-6-13(14)18-10/h3-7,16H,2,8H2,1H3. The molecule has 0 fully saturated rings. The van der Waals surface area contributed by atoms with Crippen molar-refractivity contribution in [3.05, 3.63) is 47.1 Å². The fourth-order valence-corrected chi connectivity index (χ4v) is 1.68. The van der Waals surface area contributed by atoms with Crippen molar-refractivity contribution in [2.24, 2.45) is 0 Å². The molecule has 0 aliphatic carbocycles. The molecule has 0 unspecified atom stereocenters. The predicted molar refractivity (Wildman–Crippen MR) is 68.6 cm³/mol. The van der Waals surface area contributed by atoms with E-state index in [4.69, 9.17) is 20.8 Å². The first kappa shape index (κ1) is 12.8. The van der Waals surface area contributed by atoms with Crippen molar-refractivity contribution in [2.45, 2.75) is 13.5 Å². The third-order valence-electron chi connectivity index (χ3n) is 2.33. The van der Waals surface area contributed by atoms with Crippen molar-refractivity contribution in [3.63, 3.8) is 0 Å². The van der Waals surface area contributed by atoms with E-state index < -0.39 is 0 Å². The van der Waals surface area contributed by atoms with Crippen LogP contribution < -0.4 is 10.1 Å². The number of nitrogens with one attached hydrogen (secondary N) is 1. The highest BCUT2D eigenvalue weighted by molar-refractivity contribution is 6.28. The first-order valence-corrected chi connectivity index (χ1v) is 5.97. The van der Waals surface area contributed by atoms with Crippen LogP contribution in [0.2, 0.25) is 5.22 Å². The number of anilines is 1. The van der Waals surface area contributed by atoms with Gasteiger partial charge < -0.3 is 14.5 Å². The molecule has 0 aliphatic rings. The third-order valence-corrected chi connectivity index (χ3v) is 2.53. The van der Waals surface area contributed by atoms with Crippen LogP contribution in [0.4, 0.5) is 10.1 Å². The van der Waals surface area contributed by atoms with Crippen LogP contribution in [0.25, 0.3) is 0 Å². The van der Waals surface area contributed by atoms with Crippen LogP contribution >= 0.6 is 11.6 Å². The van der Waals surface area contributed by atoms with E-state index in [0.717, 1.165) is 0 Å². The Bertz CT molecular complexity index is 527. The van der Waals surface area contributed by atoms with Gasteiger partial charge in [-0.25, -0.2) is 4.39 Å². The second-order valence-electron chi connectivity index (χ2n) is 3.64. The van der Waals surface area contributed by atoms with E-state index in [0.29, 0.717) is 29.8 Å². The number of rotatable bonds is 5. The molecule has 0 saturated heterocycles. The van der Waals surface area contributed by atoms with Gasteiger partial charge in [-0.3, -0.25) is 0 Å². The smallest absolute Gasteiger partial charge is 0.193 e. The van der Waals surface area contributed by atoms with E-state index in [-0.39, 0.29) is 11.6 Å². The van der Waals surface area contributed by atoms with Gasteiger partial charge in [-0.2, -0.15) is 0 Å². The van der Waals surface area contributed by atoms with Gasteiger partial charge in [0, 0.05) is 11.8 Å². The molecule has 0 atom stereocenters. The summed E-state index contributed by atoms with van der Waals surface area (Å²) in [4.78, 5) is 0. The van der Waals surface area contributed by atoms with Crippen LogP contribution in [0.15, 0.2) is 34.7 Å². The average molecular weight is 270 g/mol. The highest BCUT2D eigenvalue weighted by atomic mass is 35.5. The topological polar surface area (TPSA) is 34.4 Å². The Hall–Kier alpha value is -1.68. The first-order valence-electron chi connectivity index (χ1n) is 5.59. The highest BCUT2D eigenvalue weighted by Gasteiger charge is 2.05. The summed E-state index contributed by atoms with van der Waals surface area (Å²) in [7, 11) is 0. The Morgan fingerprint density at radius 2 is 2.17 bits per heavy atom. The van der Waals surface area contributed by atoms with Gasteiger partial charge in [-0.05, 0) is 42.8 Å². The Labute approximate surface area is 110 Å². The molecule has 1 heterocycles. The summed E-state index contributed by atoms with van der Waals surface area (Å²) in [5, 5.41) is 3.37. The fraction of sp³-hybridized carbons (Fsp3) is 0.231. The van der Waals surface area contributed by atoms with E-state index in [1.54, 1.807) is 24.3 Å². The lowest BCUT2D eigenvalue weighted by Gasteiger charge is -2.08. The van der Waals surface area contributed by atoms with Crippen LogP contribution in [0.5, 0.6) is 5.75 Å². The summed E-state index contributed by atoms with van der Waals surface area (Å²) in [5.41, 5.74) is 0.656. The Kier molecular flexibility index (Phi) is 4.10. The van der Waals surface area contributed by atoms with Crippen LogP contribution in [-0.2, 0) is 6.54 Å². The maximum Gasteiger partial charge on any atom is 0.193 e. The van der Waals surface area contributed by atoms with Crippen molar-refractivity contribution in [3.8, 4) is 5.75 Å². The van der Waals surface area contributed by atoms with Gasteiger partial charge in [0.15, 0.2) is 16.8 Å². The summed E-state index contributed by atoms with van der Waals surface area (Å²) in [6, 6.07) is 8.15. The zero-order valence-electron chi connectivity index (χ0n) is 9.87. The van der Waals surface area contributed by atoms with Crippen LogP contribution in [0.1, 0.15) is 12.7 Å². The Balaban J connectivity index is 1.99. The number of benzene rings is 1. The molecule has 1 aromatic carbocycles. The Morgan fingerprint density at radius 3 is 2.78 bits per heavy atom. The maximum atomic E-state index is 13.6. The largest absolute Gasteiger partial charge is 0.491 e. The molecule has 2 aromatic rings. The van der Waals surface area contributed by atoms with E-state index >= 15 is 0 Å². The van der Waals surface area contributed by atoms with E-state index in [2.05, 4.69) is 5.32 Å². The minimum atomic E-state index is -0.390. The summed E-state index contributed by atoms with van der Waals surface area (Å²) in [6.07, 6.45) is 0. The average Bonchev–Trinajstić information content (AvgIpc) is 2.76. The van der Waals surface area contributed by atoms with Crippen molar-refractivity contribution in [1.82, 2.24) is 0 Å². The van der Waals surface area contributed by atoms with Gasteiger partial charge in [0.25, 0.3) is 0 Å². The minimum absolute atomic E-state index is 0.254. The summed E-state index contributed by atoms with van der Waals surface area (Å²) < 4.78 is 23.9. The van der Waals surface area contributed by atoms with E-state index in [1.165, 1.54) is 6.07 Å². The van der Waals surface area contributed by atoms with Crippen molar-refractivity contribution in [2.75, 3.05) is 11.9 Å². The van der Waals surface area contributed by atoms with Crippen molar-refractivity contribution >= 4 is 17.3 Å². The molecule has 0 saturated carbocycles. The zero-order valence-corrected chi connectivity index (χ0v) is 10.6. The third kappa shape index (κ3) is 3.17. The number of hydrogen-bond acceptors (Lipinski definition) is 3. The van der Waals surface area contributed by atoms with E-state index in [1.807, 2.05) is 6.92 Å². The number of hydrogen-bond donors (Lipinski definition) is 1. The van der Waals surface area contributed by atoms with Gasteiger partial charge in [0.05, 0.1) is 13.2 Å². The molecule has 2 rings (SSSR count). The Morgan fingerprint density at radius 1 is 1.33 bits per heavy atom. The lowest BCUT2D eigenvalue weighted by Crippen LogP contribution is -2.00. The normalized spacial score (nSPS) is 10.4. The lowest BCUT2D eigenvalue weighted by atomic mass is 10.3. The van der Waals surface area contributed by atoms with Gasteiger partial charge in [-0.15, -0.1) is 0 Å². The molecule has 5 heteroatoms. The lowest BCUT2D eigenvalue weighted by molar-refractivity contribution is 0.321. The van der Waals surface area contributed by atoms with Gasteiger partial charge in [0.1, 0.15) is 5.76 Å². The SMILES string of the molecule is CCOc1ccc(NCc2ccc(Cl)o2)cc1F.